The van der Waals surface area contributed by atoms with E-state index in [9.17, 15) is 9.59 Å². The van der Waals surface area contributed by atoms with E-state index < -0.39 is 17.9 Å². The molecule has 1 aliphatic heterocycles. The number of amides is 1. The number of aromatic nitrogens is 2. The molecule has 0 aliphatic carbocycles. The molecule has 1 unspecified atom stereocenters. The van der Waals surface area contributed by atoms with Gasteiger partial charge in [0.05, 0.1) is 24.9 Å². The molecule has 7 heteroatoms. The second kappa shape index (κ2) is 8.26. The summed E-state index contributed by atoms with van der Waals surface area (Å²) in [6.45, 7) is 4.20. The maximum absolute atomic E-state index is 13.2. The number of ether oxygens (including phenoxy) is 1. The first-order valence-electron chi connectivity index (χ1n) is 10.2. The summed E-state index contributed by atoms with van der Waals surface area (Å²) in [6, 6.07) is 18.3. The van der Waals surface area contributed by atoms with Crippen LogP contribution in [0.4, 0.5) is 5.82 Å². The van der Waals surface area contributed by atoms with Gasteiger partial charge in [-0.25, -0.2) is 9.48 Å². The van der Waals surface area contributed by atoms with Crippen molar-refractivity contribution in [2.45, 2.75) is 37.9 Å². The number of hydrogen-bond donors (Lipinski definition) is 2. The van der Waals surface area contributed by atoms with Gasteiger partial charge in [-0.1, -0.05) is 60.7 Å². The number of carbonyl (C=O) groups excluding carboxylic acids is 2. The van der Waals surface area contributed by atoms with Crippen molar-refractivity contribution in [3.05, 3.63) is 83.6 Å². The van der Waals surface area contributed by atoms with Crippen LogP contribution in [0.1, 0.15) is 53.8 Å². The molecule has 160 valence electrons. The fourth-order valence-electron chi connectivity index (χ4n) is 4.05. The van der Waals surface area contributed by atoms with Crippen molar-refractivity contribution in [3.63, 3.8) is 0 Å². The molecule has 0 fully saturated rings. The summed E-state index contributed by atoms with van der Waals surface area (Å²) in [7, 11) is 1.31. The lowest BCUT2D eigenvalue weighted by atomic mass is 9.89. The zero-order chi connectivity index (χ0) is 22.0. The summed E-state index contributed by atoms with van der Waals surface area (Å²) in [4.78, 5) is 25.6. The molecule has 2 N–H and O–H groups in total. The highest BCUT2D eigenvalue weighted by molar-refractivity contribution is 6.01. The quantitative estimate of drug-likeness (QED) is 0.616. The minimum atomic E-state index is -0.907. The molecule has 1 aromatic heterocycles. The number of hydrogen-bond acceptors (Lipinski definition) is 5. The lowest BCUT2D eigenvalue weighted by molar-refractivity contribution is -0.143. The number of carbonyl (C=O) groups is 2. The van der Waals surface area contributed by atoms with Crippen molar-refractivity contribution in [3.8, 4) is 0 Å². The molecular weight excluding hydrogens is 392 g/mol. The van der Waals surface area contributed by atoms with Gasteiger partial charge in [-0.2, -0.15) is 5.10 Å². The van der Waals surface area contributed by atoms with E-state index in [0.29, 0.717) is 16.9 Å². The van der Waals surface area contributed by atoms with Crippen molar-refractivity contribution in [1.82, 2.24) is 15.1 Å². The van der Waals surface area contributed by atoms with Crippen LogP contribution < -0.4 is 10.6 Å². The number of methoxy groups -OCH3 is 1. The minimum Gasteiger partial charge on any atom is -0.467 e. The van der Waals surface area contributed by atoms with Gasteiger partial charge >= 0.3 is 5.97 Å². The summed E-state index contributed by atoms with van der Waals surface area (Å²) in [5, 5.41) is 10.8. The molecule has 0 bridgehead atoms. The molecule has 1 aliphatic rings. The van der Waals surface area contributed by atoms with Crippen LogP contribution in [-0.2, 0) is 15.1 Å². The Morgan fingerprint density at radius 2 is 1.77 bits per heavy atom. The van der Waals surface area contributed by atoms with E-state index in [-0.39, 0.29) is 11.6 Å². The Balaban J connectivity index is 1.65. The minimum absolute atomic E-state index is 0.0393. The predicted molar refractivity (Wildman–Crippen MR) is 118 cm³/mol. The van der Waals surface area contributed by atoms with Crippen molar-refractivity contribution < 1.29 is 14.3 Å². The Labute approximate surface area is 181 Å². The second-order valence-corrected chi connectivity index (χ2v) is 8.28. The third-order valence-electron chi connectivity index (χ3n) is 5.65. The van der Waals surface area contributed by atoms with Gasteiger partial charge < -0.3 is 15.4 Å². The van der Waals surface area contributed by atoms with E-state index in [1.54, 1.807) is 18.3 Å². The van der Waals surface area contributed by atoms with E-state index in [1.807, 2.05) is 41.1 Å². The van der Waals surface area contributed by atoms with Gasteiger partial charge in [-0.3, -0.25) is 4.79 Å². The van der Waals surface area contributed by atoms with Crippen molar-refractivity contribution in [2.75, 3.05) is 12.4 Å². The average molecular weight is 418 g/mol. The van der Waals surface area contributed by atoms with Crippen molar-refractivity contribution in [1.29, 1.82) is 0 Å². The topological polar surface area (TPSA) is 85.2 Å². The molecule has 31 heavy (non-hydrogen) atoms. The summed E-state index contributed by atoms with van der Waals surface area (Å²) >= 11 is 0. The number of rotatable bonds is 5. The third kappa shape index (κ3) is 4.03. The van der Waals surface area contributed by atoms with Crippen LogP contribution in [0.25, 0.3) is 0 Å². The first kappa shape index (κ1) is 20.7. The Bertz CT molecular complexity index is 1080. The highest BCUT2D eigenvalue weighted by Gasteiger charge is 2.37. The van der Waals surface area contributed by atoms with Gasteiger partial charge in [-0.15, -0.1) is 0 Å². The van der Waals surface area contributed by atoms with Crippen molar-refractivity contribution >= 4 is 17.7 Å². The molecule has 0 saturated carbocycles. The van der Waals surface area contributed by atoms with E-state index >= 15 is 0 Å². The molecule has 2 heterocycles. The van der Waals surface area contributed by atoms with Crippen molar-refractivity contribution in [2.24, 2.45) is 0 Å². The zero-order valence-corrected chi connectivity index (χ0v) is 17.8. The van der Waals surface area contributed by atoms with Gasteiger partial charge in [-0.05, 0) is 31.4 Å². The van der Waals surface area contributed by atoms with Gasteiger partial charge in [0, 0.05) is 0 Å². The number of nitrogens with zero attached hydrogens (tertiary/aromatic N) is 2. The highest BCUT2D eigenvalue weighted by atomic mass is 16.5. The van der Waals surface area contributed by atoms with Gasteiger partial charge in [0.1, 0.15) is 11.4 Å². The Morgan fingerprint density at radius 1 is 1.13 bits per heavy atom. The molecule has 3 aromatic rings. The molecule has 1 amide bonds. The number of anilines is 1. The molecule has 0 spiro atoms. The van der Waals surface area contributed by atoms with Crippen LogP contribution in [0.5, 0.6) is 0 Å². The predicted octanol–water partition coefficient (Wildman–Crippen LogP) is 3.82. The van der Waals surface area contributed by atoms with Gasteiger partial charge in [0.15, 0.2) is 6.04 Å². The summed E-state index contributed by atoms with van der Waals surface area (Å²) in [5.41, 5.74) is 1.89. The van der Waals surface area contributed by atoms with E-state index in [2.05, 4.69) is 41.7 Å². The molecule has 2 aromatic carbocycles. The SMILES string of the molecule is COC(=O)[C@H](NC(=O)c1cnn2c1NC(c1ccccc1)CC2(C)C)c1ccccc1. The molecule has 0 radical (unpaired) electrons. The first-order chi connectivity index (χ1) is 14.9. The Kier molecular flexibility index (Phi) is 5.50. The van der Waals surface area contributed by atoms with Crippen LogP contribution >= 0.6 is 0 Å². The van der Waals surface area contributed by atoms with Crippen LogP contribution in [0.3, 0.4) is 0 Å². The lowest BCUT2D eigenvalue weighted by Crippen LogP contribution is -2.39. The van der Waals surface area contributed by atoms with Gasteiger partial charge in [0.25, 0.3) is 5.91 Å². The largest absolute Gasteiger partial charge is 0.467 e. The lowest BCUT2D eigenvalue weighted by Gasteiger charge is -2.38. The fraction of sp³-hybridized carbons (Fsp3) is 0.292. The zero-order valence-electron chi connectivity index (χ0n) is 17.8. The Morgan fingerprint density at radius 3 is 2.42 bits per heavy atom. The van der Waals surface area contributed by atoms with Crippen LogP contribution in [0.15, 0.2) is 66.9 Å². The number of fused-ring (bicyclic) bond motifs is 1. The Hall–Kier alpha value is -3.61. The summed E-state index contributed by atoms with van der Waals surface area (Å²) < 4.78 is 6.76. The summed E-state index contributed by atoms with van der Waals surface area (Å²) in [6.07, 6.45) is 2.37. The maximum atomic E-state index is 13.2. The monoisotopic (exact) mass is 418 g/mol. The maximum Gasteiger partial charge on any atom is 0.333 e. The molecular formula is C24H26N4O3. The van der Waals surface area contributed by atoms with E-state index in [4.69, 9.17) is 4.74 Å². The number of esters is 1. The highest BCUT2D eigenvalue weighted by Crippen LogP contribution is 2.39. The fourth-order valence-corrected chi connectivity index (χ4v) is 4.05. The standard InChI is InChI=1S/C24H26N4O3/c1-24(2)14-19(16-10-6-4-7-11-16)26-21-18(15-25-28(21)24)22(29)27-20(23(30)31-3)17-12-8-5-9-13-17/h4-13,15,19-20,26H,14H2,1-3H3,(H,27,29)/t19?,20-/m1/s1. The molecule has 0 saturated heterocycles. The third-order valence-corrected chi connectivity index (χ3v) is 5.65. The van der Waals surface area contributed by atoms with E-state index in [1.165, 1.54) is 7.11 Å². The normalized spacial score (nSPS) is 17.7. The summed E-state index contributed by atoms with van der Waals surface area (Å²) in [5.74, 6) is -0.284. The van der Waals surface area contributed by atoms with E-state index in [0.717, 1.165) is 12.0 Å². The van der Waals surface area contributed by atoms with Crippen LogP contribution in [0.2, 0.25) is 0 Å². The molecule has 2 atom stereocenters. The first-order valence-corrected chi connectivity index (χ1v) is 10.2. The second-order valence-electron chi connectivity index (χ2n) is 8.28. The van der Waals surface area contributed by atoms with Gasteiger partial charge in [0.2, 0.25) is 0 Å². The van der Waals surface area contributed by atoms with Crippen LogP contribution in [0, 0.1) is 0 Å². The van der Waals surface area contributed by atoms with Crippen LogP contribution in [-0.4, -0.2) is 28.8 Å². The average Bonchev–Trinajstić information content (AvgIpc) is 3.23. The smallest absolute Gasteiger partial charge is 0.333 e. The molecule has 4 rings (SSSR count). The molecule has 7 nitrogen and oxygen atoms in total. The number of benzene rings is 2. The number of nitrogens with one attached hydrogen (secondary N) is 2.